The van der Waals surface area contributed by atoms with Crippen LogP contribution in [0.4, 0.5) is 18.9 Å². The Balaban J connectivity index is 2.20. The minimum atomic E-state index is -4.35. The zero-order valence-electron chi connectivity index (χ0n) is 11.1. The second kappa shape index (κ2) is 4.51. The molecule has 0 spiro atoms. The number of nitrogens with zero attached hydrogens (tertiary/aromatic N) is 2. The van der Waals surface area contributed by atoms with E-state index in [0.29, 0.717) is 22.3 Å². The second-order valence-electron chi connectivity index (χ2n) is 4.83. The van der Waals surface area contributed by atoms with Gasteiger partial charge in [0.2, 0.25) is 0 Å². The van der Waals surface area contributed by atoms with Crippen molar-refractivity contribution in [2.75, 3.05) is 5.73 Å². The molecule has 0 radical (unpaired) electrons. The molecule has 0 unspecified atom stereocenters. The lowest BCUT2D eigenvalue weighted by atomic mass is 10.1. The highest BCUT2D eigenvalue weighted by molar-refractivity contribution is 5.87. The van der Waals surface area contributed by atoms with Crippen molar-refractivity contribution >= 4 is 16.6 Å². The van der Waals surface area contributed by atoms with Crippen LogP contribution in [0, 0.1) is 0 Å². The topological polar surface area (TPSA) is 43.8 Å². The van der Waals surface area contributed by atoms with Crippen LogP contribution in [-0.2, 0) is 13.2 Å². The number of aryl methyl sites for hydroxylation is 1. The molecule has 0 bridgehead atoms. The lowest BCUT2D eigenvalue weighted by Gasteiger charge is -2.07. The fourth-order valence-corrected chi connectivity index (χ4v) is 2.36. The quantitative estimate of drug-likeness (QED) is 0.740. The van der Waals surface area contributed by atoms with E-state index >= 15 is 0 Å². The number of hydrogen-bond acceptors (Lipinski definition) is 2. The Morgan fingerprint density at radius 1 is 1.10 bits per heavy atom. The summed E-state index contributed by atoms with van der Waals surface area (Å²) < 4.78 is 40.1. The van der Waals surface area contributed by atoms with Gasteiger partial charge in [0.1, 0.15) is 0 Å². The van der Waals surface area contributed by atoms with Crippen LogP contribution in [0.25, 0.3) is 22.3 Å². The first kappa shape index (κ1) is 13.5. The number of nitrogen functional groups attached to an aromatic ring is 1. The molecule has 3 nitrogen and oxygen atoms in total. The van der Waals surface area contributed by atoms with E-state index in [0.717, 1.165) is 17.8 Å². The normalized spacial score (nSPS) is 12.0. The van der Waals surface area contributed by atoms with Gasteiger partial charge in [-0.15, -0.1) is 0 Å². The van der Waals surface area contributed by atoms with E-state index in [1.807, 2.05) is 0 Å². The fraction of sp³-hybridized carbons (Fsp3) is 0.133. The zero-order chi connectivity index (χ0) is 15.2. The zero-order valence-corrected chi connectivity index (χ0v) is 11.1. The molecule has 0 aliphatic heterocycles. The van der Waals surface area contributed by atoms with E-state index in [2.05, 4.69) is 4.98 Å². The molecule has 0 saturated heterocycles. The summed E-state index contributed by atoms with van der Waals surface area (Å²) in [6.07, 6.45) is -2.77. The smallest absolute Gasteiger partial charge is 0.399 e. The van der Waals surface area contributed by atoms with Crippen molar-refractivity contribution in [1.82, 2.24) is 9.55 Å². The predicted octanol–water partition coefficient (Wildman–Crippen LogP) is 3.84. The van der Waals surface area contributed by atoms with Crippen molar-refractivity contribution in [3.05, 3.63) is 48.2 Å². The van der Waals surface area contributed by atoms with E-state index < -0.39 is 11.7 Å². The van der Waals surface area contributed by atoms with Gasteiger partial charge in [0.25, 0.3) is 0 Å². The van der Waals surface area contributed by atoms with Gasteiger partial charge in [0, 0.05) is 29.8 Å². The maximum Gasteiger partial charge on any atom is 0.416 e. The summed E-state index contributed by atoms with van der Waals surface area (Å²) in [4.78, 5) is 4.21. The van der Waals surface area contributed by atoms with Gasteiger partial charge in [0.15, 0.2) is 0 Å². The highest BCUT2D eigenvalue weighted by Crippen LogP contribution is 2.33. The molecule has 0 saturated carbocycles. The van der Waals surface area contributed by atoms with Crippen LogP contribution >= 0.6 is 0 Å². The van der Waals surface area contributed by atoms with Gasteiger partial charge in [0.05, 0.1) is 17.0 Å². The standard InChI is InChI=1S/C15H12F3N3/c1-21-13-3-2-10(15(16,17)18)6-9(13)7-14(21)12-8-11(19)4-5-20-12/h2-8H,1H3,(H2,19,20). The van der Waals surface area contributed by atoms with Crippen LogP contribution in [0.15, 0.2) is 42.6 Å². The number of aromatic nitrogens is 2. The van der Waals surface area contributed by atoms with Crippen molar-refractivity contribution in [3.8, 4) is 11.4 Å². The Bertz CT molecular complexity index is 819. The van der Waals surface area contributed by atoms with Gasteiger partial charge in [-0.2, -0.15) is 13.2 Å². The highest BCUT2D eigenvalue weighted by atomic mass is 19.4. The number of rotatable bonds is 1. The number of alkyl halides is 3. The van der Waals surface area contributed by atoms with E-state index in [9.17, 15) is 13.2 Å². The summed E-state index contributed by atoms with van der Waals surface area (Å²) in [5, 5.41) is 0.520. The van der Waals surface area contributed by atoms with Crippen molar-refractivity contribution in [1.29, 1.82) is 0 Å². The molecule has 1 aromatic carbocycles. The van der Waals surface area contributed by atoms with Crippen molar-refractivity contribution in [2.24, 2.45) is 7.05 Å². The van der Waals surface area contributed by atoms with Crippen LogP contribution < -0.4 is 5.73 Å². The van der Waals surface area contributed by atoms with E-state index in [1.54, 1.807) is 36.0 Å². The molecule has 21 heavy (non-hydrogen) atoms. The number of nitrogens with two attached hydrogens (primary N) is 1. The maximum absolute atomic E-state index is 12.8. The number of fused-ring (bicyclic) bond motifs is 1. The third-order valence-corrected chi connectivity index (χ3v) is 3.42. The third-order valence-electron chi connectivity index (χ3n) is 3.42. The first-order valence-corrected chi connectivity index (χ1v) is 6.25. The maximum atomic E-state index is 12.8. The molecular weight excluding hydrogens is 279 g/mol. The molecule has 3 rings (SSSR count). The number of hydrogen-bond donors (Lipinski definition) is 1. The molecule has 6 heteroatoms. The summed E-state index contributed by atoms with van der Waals surface area (Å²) in [5.41, 5.74) is 7.68. The van der Waals surface area contributed by atoms with Gasteiger partial charge < -0.3 is 10.3 Å². The highest BCUT2D eigenvalue weighted by Gasteiger charge is 2.30. The molecule has 0 fully saturated rings. The SMILES string of the molecule is Cn1c(-c2cc(N)ccn2)cc2cc(C(F)(F)F)ccc21. The van der Waals surface area contributed by atoms with E-state index in [4.69, 9.17) is 5.73 Å². The first-order valence-electron chi connectivity index (χ1n) is 6.25. The second-order valence-corrected chi connectivity index (χ2v) is 4.83. The number of halogens is 3. The van der Waals surface area contributed by atoms with Crippen LogP contribution in [0.1, 0.15) is 5.56 Å². The van der Waals surface area contributed by atoms with Crippen LogP contribution in [0.5, 0.6) is 0 Å². The largest absolute Gasteiger partial charge is 0.416 e. The monoisotopic (exact) mass is 291 g/mol. The van der Waals surface area contributed by atoms with E-state index in [1.165, 1.54) is 6.07 Å². The lowest BCUT2D eigenvalue weighted by molar-refractivity contribution is -0.137. The predicted molar refractivity (Wildman–Crippen MR) is 75.6 cm³/mol. The average Bonchev–Trinajstić information content (AvgIpc) is 2.75. The summed E-state index contributed by atoms with van der Waals surface area (Å²) >= 11 is 0. The van der Waals surface area contributed by atoms with Crippen LogP contribution in [0.2, 0.25) is 0 Å². The molecule has 0 amide bonds. The van der Waals surface area contributed by atoms with Gasteiger partial charge in [-0.1, -0.05) is 0 Å². The van der Waals surface area contributed by atoms with Crippen molar-refractivity contribution in [2.45, 2.75) is 6.18 Å². The molecule has 2 N–H and O–H groups in total. The van der Waals surface area contributed by atoms with Gasteiger partial charge in [-0.25, -0.2) is 0 Å². The van der Waals surface area contributed by atoms with Gasteiger partial charge in [-0.05, 0) is 36.4 Å². The Kier molecular flexibility index (Phi) is 2.90. The van der Waals surface area contributed by atoms with Gasteiger partial charge in [-0.3, -0.25) is 4.98 Å². The fourth-order valence-electron chi connectivity index (χ4n) is 2.36. The Labute approximate surface area is 118 Å². The number of benzene rings is 1. The molecule has 2 aromatic heterocycles. The summed E-state index contributed by atoms with van der Waals surface area (Å²) in [5.74, 6) is 0. The van der Waals surface area contributed by atoms with Crippen LogP contribution in [0.3, 0.4) is 0 Å². The number of anilines is 1. The minimum Gasteiger partial charge on any atom is -0.399 e. The third kappa shape index (κ3) is 2.33. The Morgan fingerprint density at radius 2 is 1.86 bits per heavy atom. The molecule has 108 valence electrons. The first-order chi connectivity index (χ1) is 9.86. The Morgan fingerprint density at radius 3 is 2.52 bits per heavy atom. The molecule has 0 aliphatic carbocycles. The molecule has 0 aliphatic rings. The summed E-state index contributed by atoms with van der Waals surface area (Å²) in [7, 11) is 1.79. The summed E-state index contributed by atoms with van der Waals surface area (Å²) in [6.45, 7) is 0. The Hall–Kier alpha value is -2.50. The van der Waals surface area contributed by atoms with E-state index in [-0.39, 0.29) is 0 Å². The molecule has 0 atom stereocenters. The summed E-state index contributed by atoms with van der Waals surface area (Å²) in [6, 6.07) is 8.73. The molecular formula is C15H12F3N3. The average molecular weight is 291 g/mol. The van der Waals surface area contributed by atoms with Crippen LogP contribution in [-0.4, -0.2) is 9.55 Å². The van der Waals surface area contributed by atoms with Gasteiger partial charge >= 0.3 is 6.18 Å². The molecule has 2 heterocycles. The lowest BCUT2D eigenvalue weighted by Crippen LogP contribution is -2.04. The van der Waals surface area contributed by atoms with Crippen molar-refractivity contribution in [3.63, 3.8) is 0 Å². The minimum absolute atomic E-state index is 0.520. The number of pyridine rings is 1. The van der Waals surface area contributed by atoms with Crippen molar-refractivity contribution < 1.29 is 13.2 Å². The molecule has 3 aromatic rings.